The summed E-state index contributed by atoms with van der Waals surface area (Å²) in [5.41, 5.74) is 1.90. The number of rotatable bonds is 4. The van der Waals surface area contributed by atoms with Crippen molar-refractivity contribution in [1.82, 2.24) is 0 Å². The summed E-state index contributed by atoms with van der Waals surface area (Å²) < 4.78 is 10.0. The fraction of sp³-hybridized carbons (Fsp3) is 0.176. The van der Waals surface area contributed by atoms with Gasteiger partial charge < -0.3 is 14.8 Å². The Balaban J connectivity index is 1.70. The fourth-order valence-electron chi connectivity index (χ4n) is 2.32. The lowest BCUT2D eigenvalue weighted by atomic mass is 10.2. The fourth-order valence-corrected chi connectivity index (χ4v) is 2.32. The minimum atomic E-state index is -0.349. The second-order valence-electron chi connectivity index (χ2n) is 5.00. The van der Waals surface area contributed by atoms with Crippen molar-refractivity contribution < 1.29 is 19.1 Å². The monoisotopic (exact) mass is 312 g/mol. The molecule has 0 saturated carbocycles. The largest absolute Gasteiger partial charge is 0.497 e. The summed E-state index contributed by atoms with van der Waals surface area (Å²) in [6.07, 6.45) is -0.349. The number of nitrogens with zero attached hydrogens (tertiary/aromatic N) is 1. The Bertz CT molecular complexity index is 728. The quantitative estimate of drug-likeness (QED) is 0.942. The van der Waals surface area contributed by atoms with Crippen molar-refractivity contribution in [3.63, 3.8) is 0 Å². The summed E-state index contributed by atoms with van der Waals surface area (Å²) in [5, 5.41) is 2.81. The predicted octanol–water partition coefficient (Wildman–Crippen LogP) is 2.90. The van der Waals surface area contributed by atoms with Crippen LogP contribution in [0.15, 0.2) is 48.5 Å². The molecule has 0 atom stereocenters. The van der Waals surface area contributed by atoms with E-state index in [9.17, 15) is 9.59 Å². The molecule has 0 spiro atoms. The van der Waals surface area contributed by atoms with Crippen LogP contribution in [0.1, 0.15) is 10.4 Å². The van der Waals surface area contributed by atoms with Gasteiger partial charge in [0.25, 0.3) is 5.91 Å². The topological polar surface area (TPSA) is 67.9 Å². The van der Waals surface area contributed by atoms with Gasteiger partial charge in [-0.3, -0.25) is 9.69 Å². The van der Waals surface area contributed by atoms with Crippen LogP contribution in [0.3, 0.4) is 0 Å². The molecule has 1 aliphatic heterocycles. The highest BCUT2D eigenvalue weighted by molar-refractivity contribution is 6.04. The molecule has 2 aromatic carbocycles. The SMILES string of the molecule is COc1cccc(C(=O)Nc2ccc(N3CCOC3=O)cc2)c1. The number of cyclic esters (lactones) is 1. The lowest BCUT2D eigenvalue weighted by molar-refractivity contribution is 0.102. The smallest absolute Gasteiger partial charge is 0.414 e. The molecule has 0 aliphatic carbocycles. The molecule has 1 N–H and O–H groups in total. The first-order chi connectivity index (χ1) is 11.2. The standard InChI is InChI=1S/C17H16N2O4/c1-22-15-4-2-3-12(11-15)16(20)18-13-5-7-14(8-6-13)19-9-10-23-17(19)21/h2-8,11H,9-10H2,1H3,(H,18,20). The molecule has 23 heavy (non-hydrogen) atoms. The molecule has 0 unspecified atom stereocenters. The van der Waals surface area contributed by atoms with E-state index in [1.165, 1.54) is 0 Å². The summed E-state index contributed by atoms with van der Waals surface area (Å²) >= 11 is 0. The zero-order chi connectivity index (χ0) is 16.2. The van der Waals surface area contributed by atoms with Gasteiger partial charge in [-0.1, -0.05) is 6.07 Å². The normalized spacial score (nSPS) is 13.6. The van der Waals surface area contributed by atoms with Gasteiger partial charge in [0.15, 0.2) is 0 Å². The lowest BCUT2D eigenvalue weighted by Gasteiger charge is -2.13. The van der Waals surface area contributed by atoms with Crippen molar-refractivity contribution in [2.24, 2.45) is 0 Å². The third-order valence-corrected chi connectivity index (χ3v) is 3.53. The number of nitrogens with one attached hydrogen (secondary N) is 1. The molecule has 6 heteroatoms. The van der Waals surface area contributed by atoms with Crippen LogP contribution < -0.4 is 15.0 Å². The van der Waals surface area contributed by atoms with Gasteiger partial charge in [-0.05, 0) is 42.5 Å². The van der Waals surface area contributed by atoms with Gasteiger partial charge in [0.1, 0.15) is 12.4 Å². The summed E-state index contributed by atoms with van der Waals surface area (Å²) in [6.45, 7) is 0.932. The molecule has 3 rings (SSSR count). The number of amides is 2. The first kappa shape index (κ1) is 14.9. The number of hydrogen-bond acceptors (Lipinski definition) is 4. The highest BCUT2D eigenvalue weighted by Crippen LogP contribution is 2.21. The predicted molar refractivity (Wildman–Crippen MR) is 86.1 cm³/mol. The van der Waals surface area contributed by atoms with E-state index < -0.39 is 0 Å². The molecular formula is C17H16N2O4. The minimum Gasteiger partial charge on any atom is -0.497 e. The molecule has 1 aliphatic rings. The van der Waals surface area contributed by atoms with Crippen LogP contribution in [0.4, 0.5) is 16.2 Å². The van der Waals surface area contributed by atoms with Gasteiger partial charge >= 0.3 is 6.09 Å². The number of benzene rings is 2. The van der Waals surface area contributed by atoms with Gasteiger partial charge in [0.05, 0.1) is 13.7 Å². The number of carbonyl (C=O) groups excluding carboxylic acids is 2. The molecule has 2 aromatic rings. The Labute approximate surface area is 133 Å². The van der Waals surface area contributed by atoms with E-state index >= 15 is 0 Å². The molecule has 1 saturated heterocycles. The van der Waals surface area contributed by atoms with Crippen molar-refractivity contribution >= 4 is 23.4 Å². The van der Waals surface area contributed by atoms with Crippen LogP contribution >= 0.6 is 0 Å². The average molecular weight is 312 g/mol. The third-order valence-electron chi connectivity index (χ3n) is 3.53. The number of methoxy groups -OCH3 is 1. The van der Waals surface area contributed by atoms with Gasteiger partial charge in [-0.25, -0.2) is 4.79 Å². The van der Waals surface area contributed by atoms with Gasteiger partial charge in [0.2, 0.25) is 0 Å². The second kappa shape index (κ2) is 6.39. The summed E-state index contributed by atoms with van der Waals surface area (Å²) in [4.78, 5) is 25.3. The highest BCUT2D eigenvalue weighted by atomic mass is 16.6. The summed E-state index contributed by atoms with van der Waals surface area (Å²) in [7, 11) is 1.55. The van der Waals surface area contributed by atoms with E-state index in [0.717, 1.165) is 5.69 Å². The first-order valence-electron chi connectivity index (χ1n) is 7.17. The molecule has 0 aromatic heterocycles. The van der Waals surface area contributed by atoms with Crippen molar-refractivity contribution in [3.8, 4) is 5.75 Å². The van der Waals surface area contributed by atoms with E-state index in [-0.39, 0.29) is 12.0 Å². The van der Waals surface area contributed by atoms with Crippen molar-refractivity contribution in [2.75, 3.05) is 30.5 Å². The summed E-state index contributed by atoms with van der Waals surface area (Å²) in [5.74, 6) is 0.401. The minimum absolute atomic E-state index is 0.225. The maximum absolute atomic E-state index is 12.2. The van der Waals surface area contributed by atoms with Gasteiger partial charge in [-0.15, -0.1) is 0 Å². The Morgan fingerprint density at radius 2 is 2.00 bits per heavy atom. The molecule has 0 bridgehead atoms. The van der Waals surface area contributed by atoms with Crippen LogP contribution in [0, 0.1) is 0 Å². The van der Waals surface area contributed by atoms with E-state index in [1.807, 2.05) is 0 Å². The van der Waals surface area contributed by atoms with Crippen molar-refractivity contribution in [3.05, 3.63) is 54.1 Å². The van der Waals surface area contributed by atoms with Crippen molar-refractivity contribution in [2.45, 2.75) is 0 Å². The van der Waals surface area contributed by atoms with Gasteiger partial charge in [-0.2, -0.15) is 0 Å². The molecule has 2 amide bonds. The van der Waals surface area contributed by atoms with E-state index in [0.29, 0.717) is 30.2 Å². The van der Waals surface area contributed by atoms with Crippen LogP contribution in [0.25, 0.3) is 0 Å². The van der Waals surface area contributed by atoms with Crippen LogP contribution in [-0.4, -0.2) is 32.3 Å². The van der Waals surface area contributed by atoms with Crippen LogP contribution in [-0.2, 0) is 4.74 Å². The Hall–Kier alpha value is -3.02. The Kier molecular flexibility index (Phi) is 4.14. The van der Waals surface area contributed by atoms with Gasteiger partial charge in [0, 0.05) is 16.9 Å². The average Bonchev–Trinajstić information content (AvgIpc) is 3.01. The maximum Gasteiger partial charge on any atom is 0.414 e. The molecule has 1 heterocycles. The highest BCUT2D eigenvalue weighted by Gasteiger charge is 2.23. The molecular weight excluding hydrogens is 296 g/mol. The maximum atomic E-state index is 12.2. The number of hydrogen-bond donors (Lipinski definition) is 1. The molecule has 6 nitrogen and oxygen atoms in total. The van der Waals surface area contributed by atoms with Crippen LogP contribution in [0.5, 0.6) is 5.75 Å². The molecule has 1 fully saturated rings. The number of anilines is 2. The second-order valence-corrected chi connectivity index (χ2v) is 5.00. The number of carbonyl (C=O) groups is 2. The molecule has 0 radical (unpaired) electrons. The first-order valence-corrected chi connectivity index (χ1v) is 7.17. The zero-order valence-corrected chi connectivity index (χ0v) is 12.6. The Morgan fingerprint density at radius 1 is 1.22 bits per heavy atom. The third kappa shape index (κ3) is 3.26. The summed E-state index contributed by atoms with van der Waals surface area (Å²) in [6, 6.07) is 14.0. The lowest BCUT2D eigenvalue weighted by Crippen LogP contribution is -2.23. The molecule has 118 valence electrons. The van der Waals surface area contributed by atoms with E-state index in [4.69, 9.17) is 9.47 Å². The van der Waals surface area contributed by atoms with E-state index in [1.54, 1.807) is 60.5 Å². The van der Waals surface area contributed by atoms with Crippen LogP contribution in [0.2, 0.25) is 0 Å². The zero-order valence-electron chi connectivity index (χ0n) is 12.6. The number of ether oxygens (including phenoxy) is 2. The van der Waals surface area contributed by atoms with E-state index in [2.05, 4.69) is 5.32 Å². The Morgan fingerprint density at radius 3 is 2.65 bits per heavy atom. The van der Waals surface area contributed by atoms with Crippen molar-refractivity contribution in [1.29, 1.82) is 0 Å².